The molecule has 122 valence electrons. The third kappa shape index (κ3) is 3.39. The van der Waals surface area contributed by atoms with E-state index >= 15 is 0 Å². The van der Waals surface area contributed by atoms with Crippen LogP contribution in [0.25, 0.3) is 0 Å². The molecular weight excluding hydrogens is 308 g/mol. The van der Waals surface area contributed by atoms with Crippen LogP contribution in [0.4, 0.5) is 5.82 Å². The second-order valence-electron chi connectivity index (χ2n) is 6.46. The number of hydrogen-bond acceptors (Lipinski definition) is 6. The van der Waals surface area contributed by atoms with Gasteiger partial charge in [0.1, 0.15) is 5.82 Å². The van der Waals surface area contributed by atoms with Gasteiger partial charge in [0, 0.05) is 45.1 Å². The van der Waals surface area contributed by atoms with Gasteiger partial charge in [-0.25, -0.2) is 4.98 Å². The quantitative estimate of drug-likeness (QED) is 0.864. The molecule has 0 unspecified atom stereocenters. The van der Waals surface area contributed by atoms with Gasteiger partial charge >= 0.3 is 0 Å². The largest absolute Gasteiger partial charge is 0.370 e. The van der Waals surface area contributed by atoms with Gasteiger partial charge in [-0.1, -0.05) is 0 Å². The van der Waals surface area contributed by atoms with Crippen LogP contribution in [0.1, 0.15) is 18.4 Å². The van der Waals surface area contributed by atoms with Crippen molar-refractivity contribution in [3.05, 3.63) is 41.0 Å². The molecule has 0 aromatic carbocycles. The summed E-state index contributed by atoms with van der Waals surface area (Å²) >= 11 is 1.77. The van der Waals surface area contributed by atoms with Gasteiger partial charge in [0.15, 0.2) is 0 Å². The molecule has 5 nitrogen and oxygen atoms in total. The molecule has 0 amide bonds. The van der Waals surface area contributed by atoms with Crippen molar-refractivity contribution in [3.8, 4) is 0 Å². The summed E-state index contributed by atoms with van der Waals surface area (Å²) in [6.45, 7) is 5.81. The number of nitrogens with zero attached hydrogens (tertiary/aromatic N) is 4. The normalized spacial score (nSPS) is 25.8. The Morgan fingerprint density at radius 2 is 2.26 bits per heavy atom. The predicted molar refractivity (Wildman–Crippen MR) is 91.8 cm³/mol. The van der Waals surface area contributed by atoms with Crippen LogP contribution in [0, 0.1) is 0 Å². The van der Waals surface area contributed by atoms with E-state index in [1.165, 1.54) is 5.56 Å². The molecular formula is C17H22N4OS. The number of anilines is 1. The highest BCUT2D eigenvalue weighted by Crippen LogP contribution is 2.31. The minimum absolute atomic E-state index is 0.0654. The molecule has 2 saturated heterocycles. The maximum Gasteiger partial charge on any atom is 0.147 e. The van der Waals surface area contributed by atoms with Crippen LogP contribution in [0.5, 0.6) is 0 Å². The van der Waals surface area contributed by atoms with Gasteiger partial charge in [0.25, 0.3) is 0 Å². The van der Waals surface area contributed by atoms with Gasteiger partial charge in [-0.05, 0) is 35.2 Å². The zero-order valence-electron chi connectivity index (χ0n) is 13.2. The first-order valence-electron chi connectivity index (χ1n) is 8.21. The number of piperidine rings is 1. The molecule has 6 heteroatoms. The number of hydrogen-bond donors (Lipinski definition) is 0. The average molecular weight is 330 g/mol. The second-order valence-corrected chi connectivity index (χ2v) is 7.24. The Labute approximate surface area is 140 Å². The monoisotopic (exact) mass is 330 g/mol. The van der Waals surface area contributed by atoms with Crippen molar-refractivity contribution in [3.63, 3.8) is 0 Å². The topological polar surface area (TPSA) is 41.5 Å². The molecule has 0 radical (unpaired) electrons. The highest BCUT2D eigenvalue weighted by atomic mass is 32.1. The van der Waals surface area contributed by atoms with Crippen molar-refractivity contribution in [2.75, 3.05) is 37.7 Å². The lowest BCUT2D eigenvalue weighted by Gasteiger charge is -2.48. The van der Waals surface area contributed by atoms with Crippen LogP contribution in [0.3, 0.4) is 0 Å². The highest BCUT2D eigenvalue weighted by molar-refractivity contribution is 7.07. The van der Waals surface area contributed by atoms with E-state index in [-0.39, 0.29) is 5.60 Å². The van der Waals surface area contributed by atoms with Crippen molar-refractivity contribution in [1.82, 2.24) is 14.9 Å². The van der Waals surface area contributed by atoms with Gasteiger partial charge in [-0.15, -0.1) is 0 Å². The summed E-state index contributed by atoms with van der Waals surface area (Å²) in [5.41, 5.74) is 1.35. The van der Waals surface area contributed by atoms with E-state index in [9.17, 15) is 0 Å². The highest BCUT2D eigenvalue weighted by Gasteiger charge is 2.40. The van der Waals surface area contributed by atoms with Gasteiger partial charge in [-0.3, -0.25) is 9.88 Å². The van der Waals surface area contributed by atoms with Crippen molar-refractivity contribution >= 4 is 17.2 Å². The first-order valence-corrected chi connectivity index (χ1v) is 9.16. The molecule has 1 spiro atoms. The summed E-state index contributed by atoms with van der Waals surface area (Å²) in [5, 5.41) is 4.40. The first-order chi connectivity index (χ1) is 11.3. The molecule has 2 aliphatic rings. The maximum atomic E-state index is 6.28. The smallest absolute Gasteiger partial charge is 0.147 e. The predicted octanol–water partition coefficient (Wildman–Crippen LogP) is 2.41. The van der Waals surface area contributed by atoms with E-state index in [0.29, 0.717) is 0 Å². The lowest BCUT2D eigenvalue weighted by molar-refractivity contribution is -0.116. The second kappa shape index (κ2) is 6.55. The summed E-state index contributed by atoms with van der Waals surface area (Å²) in [6.07, 6.45) is 7.61. The summed E-state index contributed by atoms with van der Waals surface area (Å²) < 4.78 is 6.28. The minimum atomic E-state index is -0.0654. The van der Waals surface area contributed by atoms with Crippen LogP contribution in [0.2, 0.25) is 0 Å². The number of aromatic nitrogens is 2. The molecule has 1 atom stereocenters. The summed E-state index contributed by atoms with van der Waals surface area (Å²) in [4.78, 5) is 13.5. The van der Waals surface area contributed by atoms with Crippen molar-refractivity contribution < 1.29 is 4.74 Å². The fourth-order valence-corrected chi connectivity index (χ4v) is 4.35. The van der Waals surface area contributed by atoms with Crippen molar-refractivity contribution in [1.29, 1.82) is 0 Å². The van der Waals surface area contributed by atoms with E-state index < -0.39 is 0 Å². The number of morpholine rings is 1. The van der Waals surface area contributed by atoms with Gasteiger partial charge < -0.3 is 9.64 Å². The van der Waals surface area contributed by atoms with Gasteiger partial charge in [0.2, 0.25) is 0 Å². The number of thiophene rings is 1. The van der Waals surface area contributed by atoms with Crippen LogP contribution >= 0.6 is 11.3 Å². The Balaban J connectivity index is 1.46. The van der Waals surface area contributed by atoms with E-state index in [4.69, 9.17) is 4.74 Å². The van der Waals surface area contributed by atoms with Crippen molar-refractivity contribution in [2.45, 2.75) is 25.0 Å². The molecule has 2 fully saturated rings. The van der Waals surface area contributed by atoms with Crippen LogP contribution in [0.15, 0.2) is 35.4 Å². The van der Waals surface area contributed by atoms with Crippen molar-refractivity contribution in [2.24, 2.45) is 0 Å². The summed E-state index contributed by atoms with van der Waals surface area (Å²) in [6, 6.07) is 2.22. The molecule has 0 aliphatic carbocycles. The molecule has 2 aliphatic heterocycles. The molecule has 0 N–H and O–H groups in total. The van der Waals surface area contributed by atoms with Gasteiger partial charge in [0.05, 0.1) is 18.4 Å². The number of ether oxygens (including phenoxy) is 1. The molecule has 4 rings (SSSR count). The Morgan fingerprint density at radius 1 is 1.26 bits per heavy atom. The van der Waals surface area contributed by atoms with E-state index in [1.54, 1.807) is 23.7 Å². The lowest BCUT2D eigenvalue weighted by atomic mass is 9.90. The minimum Gasteiger partial charge on any atom is -0.370 e. The Morgan fingerprint density at radius 3 is 3.09 bits per heavy atom. The molecule has 4 heterocycles. The Kier molecular flexibility index (Phi) is 4.29. The van der Waals surface area contributed by atoms with E-state index in [1.807, 2.05) is 6.20 Å². The molecule has 23 heavy (non-hydrogen) atoms. The summed E-state index contributed by atoms with van der Waals surface area (Å²) in [7, 11) is 0. The maximum absolute atomic E-state index is 6.28. The SMILES string of the molecule is c1cnc(N2CCC[C@]3(CN(Cc4ccsc4)CCO3)C2)cn1. The van der Waals surface area contributed by atoms with Crippen LogP contribution in [-0.4, -0.2) is 53.3 Å². The zero-order chi connectivity index (χ0) is 15.5. The fraction of sp³-hybridized carbons (Fsp3) is 0.529. The van der Waals surface area contributed by atoms with E-state index in [0.717, 1.165) is 58.0 Å². The Hall–Kier alpha value is -1.50. The molecule has 0 saturated carbocycles. The van der Waals surface area contributed by atoms with E-state index in [2.05, 4.69) is 36.6 Å². The lowest BCUT2D eigenvalue weighted by Crippen LogP contribution is -2.59. The fourth-order valence-electron chi connectivity index (χ4n) is 3.69. The average Bonchev–Trinajstić information content (AvgIpc) is 3.09. The first kappa shape index (κ1) is 15.1. The molecule has 0 bridgehead atoms. The number of rotatable bonds is 3. The van der Waals surface area contributed by atoms with Crippen LogP contribution < -0.4 is 4.90 Å². The summed E-state index contributed by atoms with van der Waals surface area (Å²) in [5.74, 6) is 0.963. The molecule has 2 aromatic rings. The third-order valence-corrected chi connectivity index (χ3v) is 5.46. The standard InChI is InChI=1S/C17H22N4OS/c1-3-17(14-21(6-1)16-10-18-4-5-19-16)13-20(7-8-22-17)11-15-2-9-23-12-15/h2,4-5,9-10,12H,1,3,6-8,11,13-14H2/t17-/m0/s1. The Bertz CT molecular complexity index is 617. The zero-order valence-corrected chi connectivity index (χ0v) is 14.0. The van der Waals surface area contributed by atoms with Gasteiger partial charge in [-0.2, -0.15) is 11.3 Å². The van der Waals surface area contributed by atoms with Crippen LogP contribution in [-0.2, 0) is 11.3 Å². The molecule has 2 aromatic heterocycles. The third-order valence-electron chi connectivity index (χ3n) is 4.73.